The Bertz CT molecular complexity index is 760. The lowest BCUT2D eigenvalue weighted by atomic mass is 10.1. The number of aliphatic hydroxyl groups is 6. The van der Waals surface area contributed by atoms with E-state index in [9.17, 15) is 4.79 Å². The molecule has 1 aromatic heterocycles. The first-order valence-corrected chi connectivity index (χ1v) is 14.1. The molecule has 0 aromatic carbocycles. The number of aromatic nitrogens is 3. The molecular weight excluding hydrogens is 536 g/mol. The molecule has 0 spiro atoms. The van der Waals surface area contributed by atoms with Crippen molar-refractivity contribution in [3.8, 4) is 0 Å². The van der Waals surface area contributed by atoms with Crippen LogP contribution in [0.1, 0.15) is 84.0 Å². The zero-order valence-corrected chi connectivity index (χ0v) is 24.3. The lowest BCUT2D eigenvalue weighted by Gasteiger charge is -2.24. The van der Waals surface area contributed by atoms with Gasteiger partial charge in [-0.3, -0.25) is 19.5 Å². The molecule has 41 heavy (non-hydrogen) atoms. The van der Waals surface area contributed by atoms with Crippen LogP contribution < -0.4 is 14.7 Å². The molecular formula is C27H50N6O8. The quantitative estimate of drug-likeness (QED) is 0.0555. The van der Waals surface area contributed by atoms with E-state index in [1.807, 2.05) is 0 Å². The fraction of sp³-hybridized carbons (Fsp3) is 0.704. The first-order valence-electron chi connectivity index (χ1n) is 14.1. The van der Waals surface area contributed by atoms with Crippen molar-refractivity contribution in [2.45, 2.75) is 84.0 Å². The van der Waals surface area contributed by atoms with Crippen LogP contribution in [-0.4, -0.2) is 97.1 Å². The number of carbonyl (C=O) groups is 1. The average molecular weight is 587 g/mol. The maximum absolute atomic E-state index is 10.3. The third kappa shape index (κ3) is 18.2. The third-order valence-electron chi connectivity index (χ3n) is 5.81. The maximum Gasteiger partial charge on any atom is 0.303 e. The van der Waals surface area contributed by atoms with Crippen LogP contribution in [0.3, 0.4) is 0 Å². The van der Waals surface area contributed by atoms with Gasteiger partial charge in [0.15, 0.2) is 0 Å². The number of anilines is 3. The monoisotopic (exact) mass is 586 g/mol. The molecule has 14 heteroatoms. The summed E-state index contributed by atoms with van der Waals surface area (Å²) >= 11 is 0. The van der Waals surface area contributed by atoms with E-state index in [-0.39, 0.29) is 17.8 Å². The van der Waals surface area contributed by atoms with Gasteiger partial charge in [0, 0.05) is 6.42 Å². The summed E-state index contributed by atoms with van der Waals surface area (Å²) in [5.41, 5.74) is 0. The molecule has 0 radical (unpaired) electrons. The summed E-state index contributed by atoms with van der Waals surface area (Å²) < 4.78 is 0. The largest absolute Gasteiger partial charge is 0.481 e. The van der Waals surface area contributed by atoms with Gasteiger partial charge in [-0.05, 0) is 38.5 Å². The fourth-order valence-corrected chi connectivity index (χ4v) is 3.37. The van der Waals surface area contributed by atoms with E-state index in [0.29, 0.717) is 6.42 Å². The number of carboxylic acids is 1. The molecule has 0 fully saturated rings. The van der Waals surface area contributed by atoms with Crippen LogP contribution >= 0.6 is 0 Å². The topological polar surface area (TPSA) is 207 Å². The minimum Gasteiger partial charge on any atom is -0.481 e. The molecule has 236 valence electrons. The van der Waals surface area contributed by atoms with Crippen LogP contribution in [-0.2, 0) is 4.79 Å². The molecule has 0 bridgehead atoms. The van der Waals surface area contributed by atoms with Crippen LogP contribution in [0.4, 0.5) is 17.8 Å². The number of allylic oxidation sites excluding steroid dienone is 4. The normalized spacial score (nSPS) is 11.1. The SMILES string of the molecule is CCCCC/C=C\C/C=C\CCCCCCCC(=O)O.OCN(CO)c1nc(N(CO)CO)nc(N(CO)CO)n1. The van der Waals surface area contributed by atoms with Gasteiger partial charge in [-0.1, -0.05) is 63.3 Å². The van der Waals surface area contributed by atoms with Gasteiger partial charge < -0.3 is 35.7 Å². The van der Waals surface area contributed by atoms with Gasteiger partial charge in [0.05, 0.1) is 0 Å². The lowest BCUT2D eigenvalue weighted by molar-refractivity contribution is -0.137. The Kier molecular flexibility index (Phi) is 24.2. The van der Waals surface area contributed by atoms with Gasteiger partial charge in [0.1, 0.15) is 40.4 Å². The maximum atomic E-state index is 10.3. The molecule has 14 nitrogen and oxygen atoms in total. The first kappa shape index (κ1) is 38.1. The minimum atomic E-state index is -0.671. The predicted octanol–water partition coefficient (Wildman–Crippen LogP) is 1.87. The van der Waals surface area contributed by atoms with E-state index in [1.54, 1.807) is 0 Å². The number of hydrogen-bond acceptors (Lipinski definition) is 13. The van der Waals surface area contributed by atoms with Gasteiger partial charge in [-0.2, -0.15) is 15.0 Å². The highest BCUT2D eigenvalue weighted by Gasteiger charge is 2.18. The van der Waals surface area contributed by atoms with Gasteiger partial charge in [-0.25, -0.2) is 0 Å². The summed E-state index contributed by atoms with van der Waals surface area (Å²) in [4.78, 5) is 24.8. The number of carboxylic acid groups (broad SMARTS) is 1. The summed E-state index contributed by atoms with van der Waals surface area (Å²) in [5.74, 6) is -1.17. The molecule has 0 amide bonds. The molecule has 1 rings (SSSR count). The highest BCUT2D eigenvalue weighted by molar-refractivity contribution is 5.66. The Morgan fingerprint density at radius 2 is 0.951 bits per heavy atom. The highest BCUT2D eigenvalue weighted by atomic mass is 16.4. The Hall–Kier alpha value is -2.88. The van der Waals surface area contributed by atoms with Crippen molar-refractivity contribution in [1.29, 1.82) is 0 Å². The minimum absolute atomic E-state index is 0.168. The lowest BCUT2D eigenvalue weighted by Crippen LogP contribution is -2.34. The third-order valence-corrected chi connectivity index (χ3v) is 5.81. The van der Waals surface area contributed by atoms with Crippen LogP contribution in [0.5, 0.6) is 0 Å². The standard InChI is InChI=1S/C18H32O2.C9H18N6O6/c1-2-3-4-5-6-7-8-9-10-11-12-13-14-15-16-17-18(19)20;16-1-13(2-17)7-10-8(14(3-18)4-19)12-9(11-7)15(5-20)6-21/h6-7,9-10H,2-5,8,11-17H2,1H3,(H,19,20);16-21H,1-6H2/b7-6-,10-9-;. The smallest absolute Gasteiger partial charge is 0.303 e. The number of aliphatic hydroxyl groups excluding tert-OH is 6. The molecule has 0 aliphatic rings. The van der Waals surface area contributed by atoms with Crippen molar-refractivity contribution >= 4 is 23.8 Å². The number of rotatable bonds is 23. The van der Waals surface area contributed by atoms with Crippen molar-refractivity contribution < 1.29 is 40.5 Å². The second-order valence-corrected chi connectivity index (χ2v) is 9.08. The van der Waals surface area contributed by atoms with E-state index in [0.717, 1.165) is 40.4 Å². The van der Waals surface area contributed by atoms with Crippen molar-refractivity contribution in [2.24, 2.45) is 0 Å². The first-order chi connectivity index (χ1) is 19.9. The van der Waals surface area contributed by atoms with Crippen LogP contribution in [0.15, 0.2) is 24.3 Å². The molecule has 1 aromatic rings. The van der Waals surface area contributed by atoms with E-state index >= 15 is 0 Å². The van der Waals surface area contributed by atoms with E-state index < -0.39 is 46.4 Å². The molecule has 7 N–H and O–H groups in total. The molecule has 0 unspecified atom stereocenters. The molecule has 0 saturated heterocycles. The summed E-state index contributed by atoms with van der Waals surface area (Å²) in [7, 11) is 0. The fourth-order valence-electron chi connectivity index (χ4n) is 3.37. The Labute approximate surface area is 242 Å². The van der Waals surface area contributed by atoms with Crippen molar-refractivity contribution in [3.05, 3.63) is 24.3 Å². The van der Waals surface area contributed by atoms with E-state index in [4.69, 9.17) is 35.7 Å². The van der Waals surface area contributed by atoms with Crippen LogP contribution in [0, 0.1) is 0 Å². The van der Waals surface area contributed by atoms with Gasteiger partial charge >= 0.3 is 5.97 Å². The van der Waals surface area contributed by atoms with Crippen molar-refractivity contribution in [1.82, 2.24) is 15.0 Å². The number of aliphatic carboxylic acids is 1. The zero-order chi connectivity index (χ0) is 30.7. The van der Waals surface area contributed by atoms with Crippen LogP contribution in [0.25, 0.3) is 0 Å². The molecule has 0 atom stereocenters. The van der Waals surface area contributed by atoms with E-state index in [2.05, 4.69) is 46.2 Å². The molecule has 0 saturated carbocycles. The van der Waals surface area contributed by atoms with E-state index in [1.165, 1.54) is 44.9 Å². The predicted molar refractivity (Wildman–Crippen MR) is 157 cm³/mol. The number of unbranched alkanes of at least 4 members (excludes halogenated alkanes) is 8. The van der Waals surface area contributed by atoms with Crippen molar-refractivity contribution in [2.75, 3.05) is 55.1 Å². The van der Waals surface area contributed by atoms with Gasteiger partial charge in [0.2, 0.25) is 17.8 Å². The molecule has 0 aliphatic heterocycles. The summed E-state index contributed by atoms with van der Waals surface area (Å²) in [6.45, 7) is -1.37. The number of hydrogen-bond donors (Lipinski definition) is 7. The second-order valence-electron chi connectivity index (χ2n) is 9.08. The second kappa shape index (κ2) is 26.0. The van der Waals surface area contributed by atoms with Gasteiger partial charge in [0.25, 0.3) is 0 Å². The zero-order valence-electron chi connectivity index (χ0n) is 24.3. The Balaban J connectivity index is 0.000000782. The summed E-state index contributed by atoms with van der Waals surface area (Å²) in [6, 6.07) is 0. The summed E-state index contributed by atoms with van der Waals surface area (Å²) in [5, 5.41) is 63.2. The highest BCUT2D eigenvalue weighted by Crippen LogP contribution is 2.18. The Morgan fingerprint density at radius 1 is 0.585 bits per heavy atom. The number of nitrogens with zero attached hydrogens (tertiary/aromatic N) is 6. The Morgan fingerprint density at radius 3 is 1.32 bits per heavy atom. The summed E-state index contributed by atoms with van der Waals surface area (Å²) in [6.07, 6.45) is 22.3. The molecule has 0 aliphatic carbocycles. The van der Waals surface area contributed by atoms with Crippen LogP contribution in [0.2, 0.25) is 0 Å². The average Bonchev–Trinajstić information content (AvgIpc) is 2.97. The van der Waals surface area contributed by atoms with Crippen molar-refractivity contribution in [3.63, 3.8) is 0 Å². The van der Waals surface area contributed by atoms with Gasteiger partial charge in [-0.15, -0.1) is 0 Å². The molecule has 1 heterocycles.